The van der Waals surface area contributed by atoms with Crippen molar-refractivity contribution in [2.24, 2.45) is 0 Å². The molecule has 0 aliphatic carbocycles. The summed E-state index contributed by atoms with van der Waals surface area (Å²) in [6.45, 7) is 14.0. The summed E-state index contributed by atoms with van der Waals surface area (Å²) in [4.78, 5) is 10.8. The Hall–Kier alpha value is -0.580. The summed E-state index contributed by atoms with van der Waals surface area (Å²) in [5.41, 5.74) is 0. The predicted molar refractivity (Wildman–Crippen MR) is 81.4 cm³/mol. The fraction of sp³-hybridized carbons (Fsp3) is 0.875. The van der Waals surface area contributed by atoms with Gasteiger partial charge in [-0.05, 0) is 34.1 Å². The maximum absolute atomic E-state index is 5.70. The fourth-order valence-corrected chi connectivity index (χ4v) is 1.97. The van der Waals surface area contributed by atoms with Crippen LogP contribution in [0, 0.1) is 0 Å². The Labute approximate surface area is 124 Å². The Morgan fingerprint density at radius 1 is 0.900 bits per heavy atom. The molecular formula is C16H32O4. The van der Waals surface area contributed by atoms with E-state index in [2.05, 4.69) is 13.5 Å². The Bertz CT molecular complexity index is 255. The monoisotopic (exact) mass is 288 g/mol. The van der Waals surface area contributed by atoms with Crippen molar-refractivity contribution >= 4 is 0 Å². The Balaban J connectivity index is 3.81. The highest BCUT2D eigenvalue weighted by Crippen LogP contribution is 2.14. The van der Waals surface area contributed by atoms with Crippen molar-refractivity contribution in [2.75, 3.05) is 7.11 Å². The van der Waals surface area contributed by atoms with Crippen LogP contribution in [0.15, 0.2) is 12.3 Å². The quantitative estimate of drug-likeness (QED) is 0.306. The summed E-state index contributed by atoms with van der Waals surface area (Å²) in [6, 6.07) is 0. The molecule has 0 rings (SSSR count). The molecule has 0 aromatic carbocycles. The van der Waals surface area contributed by atoms with Gasteiger partial charge in [0, 0.05) is 26.4 Å². The van der Waals surface area contributed by atoms with Gasteiger partial charge in [-0.25, -0.2) is 9.78 Å². The minimum absolute atomic E-state index is 0.0127. The minimum atomic E-state index is -0.0141. The van der Waals surface area contributed by atoms with E-state index in [9.17, 15) is 0 Å². The molecule has 0 spiro atoms. The highest BCUT2D eigenvalue weighted by atomic mass is 17.2. The lowest BCUT2D eigenvalue weighted by atomic mass is 10.2. The molecule has 0 bridgehead atoms. The topological polar surface area (TPSA) is 36.9 Å². The first-order chi connectivity index (χ1) is 9.38. The zero-order valence-electron chi connectivity index (χ0n) is 14.0. The summed E-state index contributed by atoms with van der Waals surface area (Å²) >= 11 is 0. The first-order valence-electron chi connectivity index (χ1n) is 7.58. The maximum atomic E-state index is 5.70. The molecule has 20 heavy (non-hydrogen) atoms. The van der Waals surface area contributed by atoms with E-state index in [4.69, 9.17) is 19.2 Å². The van der Waals surface area contributed by atoms with E-state index in [0.29, 0.717) is 0 Å². The third-order valence-electron chi connectivity index (χ3n) is 3.01. The third-order valence-corrected chi connectivity index (χ3v) is 3.01. The molecule has 0 saturated carbocycles. The van der Waals surface area contributed by atoms with Crippen LogP contribution in [-0.4, -0.2) is 31.5 Å². The lowest BCUT2D eigenvalue weighted by molar-refractivity contribution is -0.349. The van der Waals surface area contributed by atoms with Crippen molar-refractivity contribution < 1.29 is 19.2 Å². The summed E-state index contributed by atoms with van der Waals surface area (Å²) < 4.78 is 10.9. The van der Waals surface area contributed by atoms with Crippen molar-refractivity contribution in [3.8, 4) is 0 Å². The smallest absolute Gasteiger partial charge is 0.0980 e. The Kier molecular flexibility index (Phi) is 10.8. The van der Waals surface area contributed by atoms with E-state index in [1.807, 2.05) is 27.7 Å². The van der Waals surface area contributed by atoms with Crippen molar-refractivity contribution in [3.05, 3.63) is 12.3 Å². The van der Waals surface area contributed by atoms with Gasteiger partial charge in [0.2, 0.25) is 0 Å². The normalized spacial score (nSPS) is 17.3. The van der Waals surface area contributed by atoms with Gasteiger partial charge >= 0.3 is 0 Å². The molecule has 120 valence electrons. The molecule has 0 aliphatic heterocycles. The van der Waals surface area contributed by atoms with E-state index >= 15 is 0 Å². The van der Waals surface area contributed by atoms with Crippen molar-refractivity contribution in [1.82, 2.24) is 0 Å². The van der Waals surface area contributed by atoms with Crippen LogP contribution >= 0.6 is 0 Å². The largest absolute Gasteiger partial charge is 0.496 e. The molecule has 0 fully saturated rings. The van der Waals surface area contributed by atoms with Crippen LogP contribution in [0.4, 0.5) is 0 Å². The second-order valence-electron chi connectivity index (χ2n) is 5.55. The summed E-state index contributed by atoms with van der Waals surface area (Å²) in [5.74, 6) is 0.843. The molecule has 0 aromatic rings. The highest BCUT2D eigenvalue weighted by molar-refractivity contribution is 4.82. The van der Waals surface area contributed by atoms with Gasteiger partial charge in [0.1, 0.15) is 0 Å². The van der Waals surface area contributed by atoms with Crippen LogP contribution in [0.5, 0.6) is 0 Å². The molecule has 0 aliphatic rings. The molecule has 0 radical (unpaired) electrons. The van der Waals surface area contributed by atoms with Gasteiger partial charge in [0.25, 0.3) is 0 Å². The van der Waals surface area contributed by atoms with Gasteiger partial charge < -0.3 is 9.47 Å². The van der Waals surface area contributed by atoms with Crippen molar-refractivity contribution in [3.63, 3.8) is 0 Å². The number of rotatable bonds is 12. The molecule has 0 amide bonds. The zero-order valence-corrected chi connectivity index (χ0v) is 14.0. The first-order valence-corrected chi connectivity index (χ1v) is 7.58. The lowest BCUT2D eigenvalue weighted by Crippen LogP contribution is -2.23. The molecule has 0 N–H and O–H groups in total. The van der Waals surface area contributed by atoms with E-state index in [1.54, 1.807) is 7.11 Å². The Morgan fingerprint density at radius 2 is 1.40 bits per heavy atom. The van der Waals surface area contributed by atoms with Gasteiger partial charge in [-0.15, -0.1) is 0 Å². The predicted octanol–water partition coefficient (Wildman–Crippen LogP) is 4.25. The maximum Gasteiger partial charge on any atom is 0.0980 e. The summed E-state index contributed by atoms with van der Waals surface area (Å²) in [7, 11) is 1.70. The fourth-order valence-electron chi connectivity index (χ4n) is 1.97. The number of hydrogen-bond acceptors (Lipinski definition) is 4. The number of methoxy groups -OCH3 is 1. The van der Waals surface area contributed by atoms with Gasteiger partial charge in [-0.3, -0.25) is 0 Å². The van der Waals surface area contributed by atoms with Crippen LogP contribution in [0.2, 0.25) is 0 Å². The molecule has 0 aromatic heterocycles. The van der Waals surface area contributed by atoms with Crippen LogP contribution in [-0.2, 0) is 19.2 Å². The van der Waals surface area contributed by atoms with Crippen molar-refractivity contribution in [1.29, 1.82) is 0 Å². The second kappa shape index (κ2) is 11.1. The number of hydrogen-bond donors (Lipinski definition) is 0. The van der Waals surface area contributed by atoms with Crippen LogP contribution < -0.4 is 0 Å². The highest BCUT2D eigenvalue weighted by Gasteiger charge is 2.15. The summed E-state index contributed by atoms with van der Waals surface area (Å²) in [5, 5.41) is 0. The van der Waals surface area contributed by atoms with E-state index in [0.717, 1.165) is 31.4 Å². The van der Waals surface area contributed by atoms with Gasteiger partial charge in [0.05, 0.1) is 30.2 Å². The van der Waals surface area contributed by atoms with Crippen LogP contribution in [0.3, 0.4) is 0 Å². The second-order valence-corrected chi connectivity index (χ2v) is 5.55. The SMILES string of the molecule is C=C(CCC)OC(C)C[C@H](C)OOC(C)C[C@@H](C)OC. The average Bonchev–Trinajstić information content (AvgIpc) is 2.36. The van der Waals surface area contributed by atoms with E-state index in [1.165, 1.54) is 0 Å². The van der Waals surface area contributed by atoms with Crippen molar-refractivity contribution in [2.45, 2.75) is 84.7 Å². The molecule has 4 nitrogen and oxygen atoms in total. The average molecular weight is 288 g/mol. The molecule has 0 heterocycles. The Morgan fingerprint density at radius 3 is 1.85 bits per heavy atom. The lowest BCUT2D eigenvalue weighted by Gasteiger charge is -2.22. The number of allylic oxidation sites excluding steroid dienone is 1. The molecule has 2 unspecified atom stereocenters. The minimum Gasteiger partial charge on any atom is -0.496 e. The van der Waals surface area contributed by atoms with Crippen LogP contribution in [0.25, 0.3) is 0 Å². The summed E-state index contributed by atoms with van der Waals surface area (Å²) in [6.07, 6.45) is 3.79. The molecular weight excluding hydrogens is 256 g/mol. The van der Waals surface area contributed by atoms with E-state index < -0.39 is 0 Å². The van der Waals surface area contributed by atoms with Crippen LogP contribution in [0.1, 0.15) is 60.3 Å². The third kappa shape index (κ3) is 10.2. The van der Waals surface area contributed by atoms with Gasteiger partial charge in [0.15, 0.2) is 0 Å². The molecule has 0 saturated heterocycles. The first kappa shape index (κ1) is 19.4. The number of ether oxygens (including phenoxy) is 2. The molecule has 4 atom stereocenters. The van der Waals surface area contributed by atoms with Gasteiger partial charge in [-0.1, -0.05) is 13.5 Å². The standard InChI is InChI=1S/C16H32O4/c1-8-9-12(2)18-14(4)11-16(6)20-19-15(5)10-13(3)17-7/h13-16H,2,8-11H2,1,3-7H3/t13-,14?,15?,16+/m1/s1. The molecule has 4 heteroatoms. The van der Waals surface area contributed by atoms with E-state index in [-0.39, 0.29) is 24.4 Å². The van der Waals surface area contributed by atoms with Gasteiger partial charge in [-0.2, -0.15) is 0 Å². The zero-order chi connectivity index (χ0) is 15.5.